The van der Waals surface area contributed by atoms with Gasteiger partial charge in [-0.1, -0.05) is 0 Å². The van der Waals surface area contributed by atoms with Crippen molar-refractivity contribution in [3.8, 4) is 0 Å². The molecule has 0 amide bonds. The van der Waals surface area contributed by atoms with Crippen LogP contribution in [-0.4, -0.2) is 44.8 Å². The summed E-state index contributed by atoms with van der Waals surface area (Å²) in [6, 6.07) is 0. The molecule has 0 aromatic rings. The maximum Gasteiger partial charge on any atom is 0.381 e. The summed E-state index contributed by atoms with van der Waals surface area (Å²) in [5.41, 5.74) is 0. The van der Waals surface area contributed by atoms with Crippen molar-refractivity contribution < 1.29 is 30.0 Å². The normalized spacial score (nSPS) is 11.1. The molecule has 0 fully saturated rings. The topological polar surface area (TPSA) is 127 Å². The van der Waals surface area contributed by atoms with Gasteiger partial charge in [0.05, 0.1) is 6.54 Å². The van der Waals surface area contributed by atoms with Crippen molar-refractivity contribution in [1.29, 1.82) is 0 Å². The molecular weight excluding hydrogens is 158 g/mol. The van der Waals surface area contributed by atoms with Crippen molar-refractivity contribution in [3.05, 3.63) is 0 Å². The van der Waals surface area contributed by atoms with Crippen LogP contribution in [0, 0.1) is 0 Å². The van der Waals surface area contributed by atoms with E-state index in [0.29, 0.717) is 0 Å². The minimum Gasteiger partial charge on any atom is -0.480 e. The number of hydrogen-bond donors (Lipinski definition) is 5. The summed E-state index contributed by atoms with van der Waals surface area (Å²) in [6.45, 7) is -0.848. The van der Waals surface area contributed by atoms with Crippen LogP contribution < -0.4 is 5.32 Å². The molecule has 0 radical (unpaired) electrons. The van der Waals surface area contributed by atoms with Gasteiger partial charge in [-0.3, -0.25) is 4.79 Å². The Bertz CT molecular complexity index is 175. The lowest BCUT2D eigenvalue weighted by atomic mass is 10.4. The summed E-state index contributed by atoms with van der Waals surface area (Å²) in [7, 11) is 0. The Morgan fingerprint density at radius 2 is 1.73 bits per heavy atom. The van der Waals surface area contributed by atoms with E-state index in [4.69, 9.17) is 20.4 Å². The minimum absolute atomic E-state index is 0.848. The first-order chi connectivity index (χ1) is 4.86. The Labute approximate surface area is 60.9 Å². The number of carboxylic acid groups (broad SMARTS) is 2. The molecule has 0 aliphatic rings. The molecule has 0 aromatic heterocycles. The van der Waals surface area contributed by atoms with Gasteiger partial charge in [-0.15, -0.1) is 0 Å². The van der Waals surface area contributed by atoms with Crippen molar-refractivity contribution in [2.75, 3.05) is 6.54 Å². The Hall–Kier alpha value is -1.18. The maximum atomic E-state index is 9.88. The van der Waals surface area contributed by atoms with Gasteiger partial charge in [0, 0.05) is 0 Å². The predicted octanol–water partition coefficient (Wildman–Crippen LogP) is -2.62. The zero-order valence-corrected chi connectivity index (χ0v) is 5.31. The van der Waals surface area contributed by atoms with Crippen LogP contribution in [0.1, 0.15) is 0 Å². The number of aliphatic hydroxyl groups is 2. The van der Waals surface area contributed by atoms with Crippen molar-refractivity contribution in [2.45, 2.75) is 5.91 Å². The van der Waals surface area contributed by atoms with Gasteiger partial charge in [0.15, 0.2) is 0 Å². The Kier molecular flexibility index (Phi) is 2.93. The molecule has 0 heterocycles. The van der Waals surface area contributed by atoms with E-state index in [0.717, 1.165) is 0 Å². The fourth-order valence-corrected chi connectivity index (χ4v) is 0.274. The summed E-state index contributed by atoms with van der Waals surface area (Å²) < 4.78 is 0. The van der Waals surface area contributed by atoms with Crippen molar-refractivity contribution in [2.24, 2.45) is 0 Å². The third-order valence-electron chi connectivity index (χ3n) is 0.784. The lowest BCUT2D eigenvalue weighted by Gasteiger charge is -2.15. The van der Waals surface area contributed by atoms with E-state index in [1.807, 2.05) is 0 Å². The van der Waals surface area contributed by atoms with Crippen molar-refractivity contribution in [3.63, 3.8) is 0 Å². The molecule has 0 bridgehead atoms. The first-order valence-electron chi connectivity index (χ1n) is 2.51. The monoisotopic (exact) mass is 165 g/mol. The molecule has 0 rings (SSSR count). The third-order valence-corrected chi connectivity index (χ3v) is 0.784. The molecule has 0 unspecified atom stereocenters. The van der Waals surface area contributed by atoms with Gasteiger partial charge in [-0.2, -0.15) is 0 Å². The van der Waals surface area contributed by atoms with Gasteiger partial charge in [0.2, 0.25) is 0 Å². The Morgan fingerprint density at radius 3 is 2.00 bits per heavy atom. The van der Waals surface area contributed by atoms with Crippen molar-refractivity contribution in [1.82, 2.24) is 5.32 Å². The van der Waals surface area contributed by atoms with Crippen LogP contribution in [0.5, 0.6) is 0 Å². The quantitative estimate of drug-likeness (QED) is 0.288. The van der Waals surface area contributed by atoms with Gasteiger partial charge in [-0.05, 0) is 0 Å². The average molecular weight is 165 g/mol. The highest BCUT2D eigenvalue weighted by atomic mass is 16.6. The summed E-state index contributed by atoms with van der Waals surface area (Å²) >= 11 is 0. The molecule has 0 saturated carbocycles. The van der Waals surface area contributed by atoms with Crippen LogP contribution in [0.2, 0.25) is 0 Å². The molecular formula is C4H7NO6. The van der Waals surface area contributed by atoms with Gasteiger partial charge in [0.1, 0.15) is 0 Å². The van der Waals surface area contributed by atoms with E-state index in [2.05, 4.69) is 0 Å². The Morgan fingerprint density at radius 1 is 1.27 bits per heavy atom. The molecule has 0 aliphatic carbocycles. The molecule has 0 spiro atoms. The first kappa shape index (κ1) is 9.82. The summed E-state index contributed by atoms with van der Waals surface area (Å²) in [4.78, 5) is 19.7. The SMILES string of the molecule is O=C(O)CNC(O)(O)C(=O)O. The van der Waals surface area contributed by atoms with Crippen LogP contribution in [0.25, 0.3) is 0 Å². The zero-order valence-electron chi connectivity index (χ0n) is 5.31. The maximum absolute atomic E-state index is 9.88. The van der Waals surface area contributed by atoms with Gasteiger partial charge in [0.25, 0.3) is 0 Å². The van der Waals surface area contributed by atoms with E-state index < -0.39 is 24.4 Å². The van der Waals surface area contributed by atoms with E-state index in [9.17, 15) is 9.59 Å². The molecule has 5 N–H and O–H groups in total. The number of rotatable bonds is 4. The standard InChI is InChI=1S/C4H7NO6/c6-2(7)1-5-4(10,11)3(8)9/h5,10-11H,1H2,(H,6,7)(H,8,9). The average Bonchev–Trinajstić information content (AvgIpc) is 1.84. The van der Waals surface area contributed by atoms with Crippen LogP contribution in [0.4, 0.5) is 0 Å². The number of carbonyl (C=O) groups is 2. The molecule has 0 aliphatic heterocycles. The molecule has 11 heavy (non-hydrogen) atoms. The van der Waals surface area contributed by atoms with Crippen molar-refractivity contribution >= 4 is 11.9 Å². The minimum atomic E-state index is -3.18. The Balaban J connectivity index is 3.92. The molecule has 64 valence electrons. The number of nitrogens with one attached hydrogen (secondary N) is 1. The summed E-state index contributed by atoms with van der Waals surface area (Å²) in [6.07, 6.45) is 0. The van der Waals surface area contributed by atoms with Gasteiger partial charge in [-0.25, -0.2) is 10.1 Å². The predicted molar refractivity (Wildman–Crippen MR) is 30.4 cm³/mol. The fraction of sp³-hybridized carbons (Fsp3) is 0.500. The van der Waals surface area contributed by atoms with E-state index in [1.54, 1.807) is 0 Å². The number of carboxylic acids is 2. The highest BCUT2D eigenvalue weighted by Crippen LogP contribution is 1.91. The molecule has 0 atom stereocenters. The molecule has 0 saturated heterocycles. The van der Waals surface area contributed by atoms with Crippen LogP contribution in [-0.2, 0) is 9.59 Å². The molecule has 0 aromatic carbocycles. The number of aliphatic carboxylic acids is 2. The smallest absolute Gasteiger partial charge is 0.381 e. The molecule has 7 nitrogen and oxygen atoms in total. The van der Waals surface area contributed by atoms with Gasteiger partial charge < -0.3 is 20.4 Å². The van der Waals surface area contributed by atoms with E-state index >= 15 is 0 Å². The second-order valence-corrected chi connectivity index (χ2v) is 1.72. The first-order valence-corrected chi connectivity index (χ1v) is 2.51. The summed E-state index contributed by atoms with van der Waals surface area (Å²) in [5, 5.41) is 34.3. The largest absolute Gasteiger partial charge is 0.480 e. The fourth-order valence-electron chi connectivity index (χ4n) is 0.274. The second-order valence-electron chi connectivity index (χ2n) is 1.72. The summed E-state index contributed by atoms with van der Waals surface area (Å²) in [5.74, 6) is -6.53. The highest BCUT2D eigenvalue weighted by Gasteiger charge is 2.32. The van der Waals surface area contributed by atoms with E-state index in [-0.39, 0.29) is 0 Å². The van der Waals surface area contributed by atoms with Crippen LogP contribution in [0.3, 0.4) is 0 Å². The lowest BCUT2D eigenvalue weighted by Crippen LogP contribution is -2.53. The lowest BCUT2D eigenvalue weighted by molar-refractivity contribution is -0.215. The molecule has 7 heteroatoms. The highest BCUT2D eigenvalue weighted by molar-refractivity contribution is 5.76. The van der Waals surface area contributed by atoms with Gasteiger partial charge >= 0.3 is 17.8 Å². The van der Waals surface area contributed by atoms with Crippen LogP contribution in [0.15, 0.2) is 0 Å². The van der Waals surface area contributed by atoms with Crippen LogP contribution >= 0.6 is 0 Å². The van der Waals surface area contributed by atoms with E-state index in [1.165, 1.54) is 5.32 Å². The third kappa shape index (κ3) is 3.50. The number of hydrogen-bond acceptors (Lipinski definition) is 5. The zero-order chi connectivity index (χ0) is 9.07. The second kappa shape index (κ2) is 3.28.